The summed E-state index contributed by atoms with van der Waals surface area (Å²) in [4.78, 5) is 4.41. The lowest BCUT2D eigenvalue weighted by molar-refractivity contribution is 0.282. The zero-order chi connectivity index (χ0) is 16.5. The average molecular weight is 336 g/mol. The van der Waals surface area contributed by atoms with Crippen LogP contribution in [0.3, 0.4) is 0 Å². The van der Waals surface area contributed by atoms with Crippen molar-refractivity contribution in [2.45, 2.75) is 6.61 Å². The highest BCUT2D eigenvalue weighted by Crippen LogP contribution is 2.25. The predicted molar refractivity (Wildman–Crippen MR) is 94.8 cm³/mol. The Kier molecular flexibility index (Phi) is 3.76. The van der Waals surface area contributed by atoms with E-state index in [0.717, 1.165) is 33.7 Å². The zero-order valence-corrected chi connectivity index (χ0v) is 13.5. The van der Waals surface area contributed by atoms with Gasteiger partial charge in [0.2, 0.25) is 0 Å². The molecule has 4 aromatic rings. The maximum absolute atomic E-state index is 9.32. The van der Waals surface area contributed by atoms with Crippen LogP contribution in [0.5, 0.6) is 0 Å². The van der Waals surface area contributed by atoms with Gasteiger partial charge in [0, 0.05) is 16.1 Å². The van der Waals surface area contributed by atoms with Crippen LogP contribution in [-0.2, 0) is 6.61 Å². The third kappa shape index (κ3) is 2.66. The number of hydrogen-bond donors (Lipinski definition) is 1. The van der Waals surface area contributed by atoms with E-state index in [0.29, 0.717) is 5.02 Å². The Balaban J connectivity index is 1.87. The van der Waals surface area contributed by atoms with E-state index >= 15 is 0 Å². The quantitative estimate of drug-likeness (QED) is 0.610. The first-order valence-electron chi connectivity index (χ1n) is 7.55. The summed E-state index contributed by atoms with van der Waals surface area (Å²) < 4.78 is 1.81. The number of halogens is 1. The third-order valence-electron chi connectivity index (χ3n) is 3.89. The van der Waals surface area contributed by atoms with E-state index in [1.165, 1.54) is 0 Å². The van der Waals surface area contributed by atoms with Gasteiger partial charge in [-0.15, -0.1) is 0 Å². The molecule has 0 atom stereocenters. The summed E-state index contributed by atoms with van der Waals surface area (Å²) in [7, 11) is 0. The molecule has 118 valence electrons. The minimum atomic E-state index is 0.00885. The van der Waals surface area contributed by atoms with Crippen molar-refractivity contribution < 1.29 is 5.11 Å². The monoisotopic (exact) mass is 335 g/mol. The summed E-state index contributed by atoms with van der Waals surface area (Å²) >= 11 is 6.10. The van der Waals surface area contributed by atoms with E-state index in [1.807, 2.05) is 65.2 Å². The van der Waals surface area contributed by atoms with Crippen LogP contribution >= 0.6 is 11.6 Å². The van der Waals surface area contributed by atoms with E-state index in [2.05, 4.69) is 4.98 Å². The molecule has 0 aliphatic carbocycles. The SMILES string of the molecule is OCc1cccc(-c2ccc3ncc(-c4cccc(Cl)c4)n3n2)c1. The Morgan fingerprint density at radius 1 is 0.958 bits per heavy atom. The largest absolute Gasteiger partial charge is 0.392 e. The van der Waals surface area contributed by atoms with Crippen LogP contribution in [0.1, 0.15) is 5.56 Å². The summed E-state index contributed by atoms with van der Waals surface area (Å²) in [5, 5.41) is 14.7. The van der Waals surface area contributed by atoms with Crippen molar-refractivity contribution in [3.8, 4) is 22.5 Å². The molecule has 2 aromatic heterocycles. The minimum absolute atomic E-state index is 0.00885. The summed E-state index contributed by atoms with van der Waals surface area (Å²) in [5.41, 5.74) is 5.24. The van der Waals surface area contributed by atoms with Gasteiger partial charge in [-0.05, 0) is 35.9 Å². The van der Waals surface area contributed by atoms with Gasteiger partial charge >= 0.3 is 0 Å². The first-order chi connectivity index (χ1) is 11.7. The van der Waals surface area contributed by atoms with Crippen molar-refractivity contribution in [2.75, 3.05) is 0 Å². The van der Waals surface area contributed by atoms with Gasteiger partial charge in [0.05, 0.1) is 24.2 Å². The minimum Gasteiger partial charge on any atom is -0.392 e. The summed E-state index contributed by atoms with van der Waals surface area (Å²) in [6.07, 6.45) is 1.79. The second-order valence-electron chi connectivity index (χ2n) is 5.50. The van der Waals surface area contributed by atoms with Gasteiger partial charge in [0.25, 0.3) is 0 Å². The molecule has 0 saturated carbocycles. The molecule has 0 amide bonds. The van der Waals surface area contributed by atoms with Crippen LogP contribution in [0.4, 0.5) is 0 Å². The molecule has 0 unspecified atom stereocenters. The molecule has 5 heteroatoms. The number of aliphatic hydroxyl groups is 1. The van der Waals surface area contributed by atoms with Crippen molar-refractivity contribution in [2.24, 2.45) is 0 Å². The maximum Gasteiger partial charge on any atom is 0.154 e. The second-order valence-corrected chi connectivity index (χ2v) is 5.94. The number of imidazole rings is 1. The van der Waals surface area contributed by atoms with Gasteiger partial charge in [-0.1, -0.05) is 41.9 Å². The lowest BCUT2D eigenvalue weighted by atomic mass is 10.1. The number of fused-ring (bicyclic) bond motifs is 1. The Hall–Kier alpha value is -2.69. The number of aromatic nitrogens is 3. The molecule has 0 radical (unpaired) electrons. The fourth-order valence-corrected chi connectivity index (χ4v) is 2.89. The molecular weight excluding hydrogens is 322 g/mol. The molecular formula is C19H14ClN3O. The predicted octanol–water partition coefficient (Wildman–Crippen LogP) is 4.21. The molecule has 0 spiro atoms. The fourth-order valence-electron chi connectivity index (χ4n) is 2.70. The maximum atomic E-state index is 9.32. The topological polar surface area (TPSA) is 50.4 Å². The Morgan fingerprint density at radius 2 is 1.79 bits per heavy atom. The zero-order valence-electron chi connectivity index (χ0n) is 12.7. The highest BCUT2D eigenvalue weighted by molar-refractivity contribution is 6.30. The molecule has 0 fully saturated rings. The fraction of sp³-hybridized carbons (Fsp3) is 0.0526. The lowest BCUT2D eigenvalue weighted by Crippen LogP contribution is -1.97. The third-order valence-corrected chi connectivity index (χ3v) is 4.12. The molecule has 0 aliphatic heterocycles. The van der Waals surface area contributed by atoms with Gasteiger partial charge < -0.3 is 5.11 Å². The van der Waals surface area contributed by atoms with Crippen molar-refractivity contribution in [1.29, 1.82) is 0 Å². The highest BCUT2D eigenvalue weighted by Gasteiger charge is 2.09. The van der Waals surface area contributed by atoms with Crippen LogP contribution in [0.25, 0.3) is 28.2 Å². The first kappa shape index (κ1) is 14.9. The van der Waals surface area contributed by atoms with Crippen LogP contribution < -0.4 is 0 Å². The van der Waals surface area contributed by atoms with Crippen molar-refractivity contribution in [3.05, 3.63) is 77.4 Å². The van der Waals surface area contributed by atoms with Gasteiger partial charge in [0.15, 0.2) is 5.65 Å². The average Bonchev–Trinajstić information content (AvgIpc) is 3.05. The standard InChI is InChI=1S/C19H14ClN3O/c20-16-6-2-5-15(10-16)18-11-21-19-8-7-17(22-23(18)19)14-4-1-3-13(9-14)12-24/h1-11,24H,12H2. The molecule has 1 N–H and O–H groups in total. The van der Waals surface area contributed by atoms with E-state index in [-0.39, 0.29) is 6.61 Å². The summed E-state index contributed by atoms with van der Waals surface area (Å²) in [6.45, 7) is 0.00885. The van der Waals surface area contributed by atoms with Crippen LogP contribution in [0.2, 0.25) is 5.02 Å². The Bertz CT molecular complexity index is 1030. The number of hydrogen-bond acceptors (Lipinski definition) is 3. The molecule has 2 heterocycles. The smallest absolute Gasteiger partial charge is 0.154 e. The van der Waals surface area contributed by atoms with Crippen molar-refractivity contribution >= 4 is 17.2 Å². The van der Waals surface area contributed by atoms with E-state index in [9.17, 15) is 5.11 Å². The van der Waals surface area contributed by atoms with E-state index in [1.54, 1.807) is 6.20 Å². The molecule has 0 bridgehead atoms. The Morgan fingerprint density at radius 3 is 2.62 bits per heavy atom. The van der Waals surface area contributed by atoms with E-state index < -0.39 is 0 Å². The number of nitrogens with zero attached hydrogens (tertiary/aromatic N) is 3. The highest BCUT2D eigenvalue weighted by atomic mass is 35.5. The molecule has 0 saturated heterocycles. The van der Waals surface area contributed by atoms with Crippen molar-refractivity contribution in [1.82, 2.24) is 14.6 Å². The molecule has 4 nitrogen and oxygen atoms in total. The number of aliphatic hydroxyl groups excluding tert-OH is 1. The van der Waals surface area contributed by atoms with Gasteiger partial charge in [-0.25, -0.2) is 9.50 Å². The van der Waals surface area contributed by atoms with Gasteiger partial charge in [-0.3, -0.25) is 0 Å². The second kappa shape index (κ2) is 6.07. The van der Waals surface area contributed by atoms with Crippen LogP contribution in [0, 0.1) is 0 Å². The van der Waals surface area contributed by atoms with Crippen LogP contribution in [-0.4, -0.2) is 19.7 Å². The van der Waals surface area contributed by atoms with Gasteiger partial charge in [0.1, 0.15) is 0 Å². The van der Waals surface area contributed by atoms with Crippen LogP contribution in [0.15, 0.2) is 66.9 Å². The van der Waals surface area contributed by atoms with Gasteiger partial charge in [-0.2, -0.15) is 5.10 Å². The summed E-state index contributed by atoms with van der Waals surface area (Å²) in [6, 6.07) is 19.2. The molecule has 0 aliphatic rings. The molecule has 2 aromatic carbocycles. The number of rotatable bonds is 3. The first-order valence-corrected chi connectivity index (χ1v) is 7.93. The van der Waals surface area contributed by atoms with E-state index in [4.69, 9.17) is 16.7 Å². The lowest BCUT2D eigenvalue weighted by Gasteiger charge is -2.06. The molecule has 24 heavy (non-hydrogen) atoms. The summed E-state index contributed by atoms with van der Waals surface area (Å²) in [5.74, 6) is 0. The number of benzene rings is 2. The normalized spacial score (nSPS) is 11.1. The Labute approximate surface area is 144 Å². The van der Waals surface area contributed by atoms with Crippen molar-refractivity contribution in [3.63, 3.8) is 0 Å². The molecule has 4 rings (SSSR count).